The molecule has 4 aliphatic rings. The number of H-pyrrole nitrogens is 1. The number of fused-ring (bicyclic) bond motifs is 7. The van der Waals surface area contributed by atoms with Crippen molar-refractivity contribution in [1.29, 1.82) is 0 Å². The van der Waals surface area contributed by atoms with Gasteiger partial charge in [0.15, 0.2) is 11.5 Å². The Kier molecular flexibility index (Phi) is 7.30. The summed E-state index contributed by atoms with van der Waals surface area (Å²) in [7, 11) is 0. The van der Waals surface area contributed by atoms with E-state index in [-0.39, 0.29) is 43.0 Å². The Morgan fingerprint density at radius 1 is 1.18 bits per heavy atom. The minimum Gasteiger partial charge on any atom is -0.489 e. The predicted octanol–water partition coefficient (Wildman–Crippen LogP) is 6.09. The Morgan fingerprint density at radius 2 is 2.04 bits per heavy atom. The second-order valence-electron chi connectivity index (χ2n) is 13.4. The van der Waals surface area contributed by atoms with E-state index in [2.05, 4.69) is 26.3 Å². The van der Waals surface area contributed by atoms with Gasteiger partial charge in [0.25, 0.3) is 0 Å². The van der Waals surface area contributed by atoms with Crippen LogP contribution in [-0.2, 0) is 11.3 Å². The van der Waals surface area contributed by atoms with Gasteiger partial charge in [0.2, 0.25) is 0 Å². The molecule has 2 bridgehead atoms. The highest BCUT2D eigenvalue weighted by Crippen LogP contribution is 2.55. The number of nitrogens with zero attached hydrogens (tertiary/aromatic N) is 4. The van der Waals surface area contributed by atoms with Crippen LogP contribution in [0, 0.1) is 25.1 Å². The summed E-state index contributed by atoms with van der Waals surface area (Å²) < 4.78 is 41.4. The fourth-order valence-electron chi connectivity index (χ4n) is 7.94. The van der Waals surface area contributed by atoms with Crippen molar-refractivity contribution < 1.29 is 23.3 Å². The molecule has 0 radical (unpaired) electrons. The third kappa shape index (κ3) is 4.96. The highest BCUT2D eigenvalue weighted by atomic mass is 35.5. The molecule has 0 aliphatic carbocycles. The summed E-state index contributed by atoms with van der Waals surface area (Å²) in [5.74, 6) is 3.76. The van der Waals surface area contributed by atoms with Crippen molar-refractivity contribution in [2.75, 3.05) is 24.7 Å². The van der Waals surface area contributed by atoms with E-state index < -0.39 is 5.82 Å². The molecule has 0 spiro atoms. The number of aromatic amines is 1. The van der Waals surface area contributed by atoms with Crippen LogP contribution < -0.4 is 24.4 Å². The molecule has 250 valence electrons. The molecular formula is C37H34ClFN6O4. The van der Waals surface area contributed by atoms with Gasteiger partial charge in [0.1, 0.15) is 36.5 Å². The maximum atomic E-state index is 15.7. The zero-order valence-corrected chi connectivity index (χ0v) is 27.8. The van der Waals surface area contributed by atoms with Gasteiger partial charge in [-0.3, -0.25) is 5.10 Å². The zero-order chi connectivity index (χ0) is 33.4. The van der Waals surface area contributed by atoms with Crippen molar-refractivity contribution in [3.63, 3.8) is 0 Å². The average molecular weight is 681 g/mol. The number of nitrogens with one attached hydrogen (secondary N) is 2. The summed E-state index contributed by atoms with van der Waals surface area (Å²) in [5.41, 5.74) is 4.05. The summed E-state index contributed by atoms with van der Waals surface area (Å²) in [6.45, 7) is 5.75. The normalized spacial score (nSPS) is 24.1. The molecule has 0 saturated carbocycles. The maximum Gasteiger partial charge on any atom is 0.319 e. The number of hydrogen-bond acceptors (Lipinski definition) is 9. The molecule has 5 unspecified atom stereocenters. The summed E-state index contributed by atoms with van der Waals surface area (Å²) in [6.07, 6.45) is 9.64. The lowest BCUT2D eigenvalue weighted by atomic mass is 9.93. The molecular weight excluding hydrogens is 647 g/mol. The van der Waals surface area contributed by atoms with Gasteiger partial charge in [-0.2, -0.15) is 15.1 Å². The molecule has 2 N–H and O–H groups in total. The quantitative estimate of drug-likeness (QED) is 0.206. The first-order valence-corrected chi connectivity index (χ1v) is 17.1. The first-order chi connectivity index (χ1) is 23.9. The van der Waals surface area contributed by atoms with Crippen molar-refractivity contribution in [3.8, 4) is 41.0 Å². The van der Waals surface area contributed by atoms with Crippen LogP contribution >= 0.6 is 11.6 Å². The zero-order valence-electron chi connectivity index (χ0n) is 27.1. The smallest absolute Gasteiger partial charge is 0.319 e. The summed E-state index contributed by atoms with van der Waals surface area (Å²) >= 11 is 7.46. The standard InChI is InChI=1S/C37H34ClFN6O4/c1-4-20-5-7-21(8-6-20)16-47-35-30(29-19(3)25(39)13-26-24(29)15-41-44-26)32(38)34-31-33(35)42-37(49-23-9-10-46-18(2)11-23)43-36(31)45-22-12-27(40-14-22)28(45)17-48-34/h1,5-8,13,15,18,22-23,27-28,40H,9-12,14,16-17H2,2-3H3,(H,41,44). The largest absolute Gasteiger partial charge is 0.489 e. The number of piperazine rings is 1. The van der Waals surface area contributed by atoms with E-state index in [1.807, 2.05) is 31.2 Å². The van der Waals surface area contributed by atoms with Crippen molar-refractivity contribution >= 4 is 39.2 Å². The third-order valence-electron chi connectivity index (χ3n) is 10.4. The van der Waals surface area contributed by atoms with Gasteiger partial charge in [0.05, 0.1) is 40.9 Å². The van der Waals surface area contributed by atoms with Gasteiger partial charge >= 0.3 is 6.01 Å². The van der Waals surface area contributed by atoms with Crippen LogP contribution in [-0.4, -0.2) is 70.3 Å². The van der Waals surface area contributed by atoms with E-state index in [1.54, 1.807) is 13.1 Å². The fourth-order valence-corrected chi connectivity index (χ4v) is 8.27. The van der Waals surface area contributed by atoms with Gasteiger partial charge in [-0.15, -0.1) is 6.42 Å². The Balaban J connectivity index is 1.31. The van der Waals surface area contributed by atoms with Crippen molar-refractivity contribution in [3.05, 3.63) is 64.1 Å². The number of aromatic nitrogens is 4. The molecule has 6 heterocycles. The number of ether oxygens (including phenoxy) is 4. The van der Waals surface area contributed by atoms with E-state index in [0.717, 1.165) is 36.9 Å². The summed E-state index contributed by atoms with van der Waals surface area (Å²) in [5, 5.41) is 12.4. The van der Waals surface area contributed by atoms with Crippen LogP contribution in [0.5, 0.6) is 17.5 Å². The van der Waals surface area contributed by atoms with E-state index >= 15 is 4.39 Å². The molecule has 10 nitrogen and oxygen atoms in total. The van der Waals surface area contributed by atoms with Crippen molar-refractivity contribution in [1.82, 2.24) is 25.5 Å². The minimum absolute atomic E-state index is 0.0234. The molecule has 0 amide bonds. The van der Waals surface area contributed by atoms with Crippen LogP contribution in [0.15, 0.2) is 36.5 Å². The molecule has 4 aliphatic heterocycles. The molecule has 5 atom stereocenters. The number of hydrogen-bond donors (Lipinski definition) is 2. The van der Waals surface area contributed by atoms with Crippen LogP contribution in [0.3, 0.4) is 0 Å². The average Bonchev–Trinajstić information content (AvgIpc) is 3.82. The van der Waals surface area contributed by atoms with E-state index in [4.69, 9.17) is 46.9 Å². The lowest BCUT2D eigenvalue weighted by Crippen LogP contribution is -2.53. The van der Waals surface area contributed by atoms with Gasteiger partial charge in [-0.05, 0) is 49.6 Å². The van der Waals surface area contributed by atoms with Gasteiger partial charge in [-0.1, -0.05) is 29.7 Å². The Hall–Kier alpha value is -4.63. The van der Waals surface area contributed by atoms with E-state index in [9.17, 15) is 0 Å². The minimum atomic E-state index is -0.408. The molecule has 9 rings (SSSR count). The SMILES string of the molecule is C#Cc1ccc(COc2c(-c3c(C)c(F)cc4[nH]ncc34)c(Cl)c3c4c(nc(OC5CCOC(C)C5)nc24)N2C4CNC(C4)C2CO3)cc1. The van der Waals surface area contributed by atoms with E-state index in [1.165, 1.54) is 6.07 Å². The van der Waals surface area contributed by atoms with Gasteiger partial charge in [0, 0.05) is 53.5 Å². The topological polar surface area (TPSA) is 107 Å². The molecule has 3 saturated heterocycles. The molecule has 12 heteroatoms. The van der Waals surface area contributed by atoms with Crippen molar-refractivity contribution in [2.45, 2.75) is 70.1 Å². The second kappa shape index (κ2) is 11.8. The maximum absolute atomic E-state index is 15.7. The number of rotatable bonds is 6. The second-order valence-corrected chi connectivity index (χ2v) is 13.7. The number of halogens is 2. The molecule has 5 aromatic rings. The summed E-state index contributed by atoms with van der Waals surface area (Å²) in [4.78, 5) is 12.5. The van der Waals surface area contributed by atoms with E-state index in [0.29, 0.717) is 74.0 Å². The van der Waals surface area contributed by atoms with Crippen LogP contribution in [0.4, 0.5) is 10.2 Å². The molecule has 3 fully saturated rings. The summed E-state index contributed by atoms with van der Waals surface area (Å²) in [6, 6.07) is 9.74. The lowest BCUT2D eigenvalue weighted by molar-refractivity contribution is -0.0275. The monoisotopic (exact) mass is 680 g/mol. The number of anilines is 1. The molecule has 2 aromatic heterocycles. The Morgan fingerprint density at radius 3 is 2.86 bits per heavy atom. The first-order valence-electron chi connectivity index (χ1n) is 16.7. The Labute approximate surface area is 287 Å². The van der Waals surface area contributed by atoms with Gasteiger partial charge < -0.3 is 29.2 Å². The number of benzene rings is 3. The molecule has 3 aromatic carbocycles. The molecule has 49 heavy (non-hydrogen) atoms. The fraction of sp³-hybridized carbons (Fsp3) is 0.378. The van der Waals surface area contributed by atoms with Crippen LogP contribution in [0.2, 0.25) is 5.02 Å². The number of terminal acetylenes is 1. The lowest BCUT2D eigenvalue weighted by Gasteiger charge is -2.35. The van der Waals surface area contributed by atoms with Crippen LogP contribution in [0.25, 0.3) is 32.9 Å². The predicted molar refractivity (Wildman–Crippen MR) is 184 cm³/mol. The van der Waals surface area contributed by atoms with Gasteiger partial charge in [-0.25, -0.2) is 4.39 Å². The third-order valence-corrected chi connectivity index (χ3v) is 10.7. The highest BCUT2D eigenvalue weighted by Gasteiger charge is 2.49. The van der Waals surface area contributed by atoms with Crippen LogP contribution in [0.1, 0.15) is 42.9 Å². The highest BCUT2D eigenvalue weighted by molar-refractivity contribution is 6.38. The Bertz CT molecular complexity index is 2170. The first kappa shape index (κ1) is 30.4. The van der Waals surface area contributed by atoms with Crippen molar-refractivity contribution in [2.24, 2.45) is 0 Å².